The second-order valence-corrected chi connectivity index (χ2v) is 9.02. The van der Waals surface area contributed by atoms with Crippen LogP contribution in [-0.2, 0) is 22.3 Å². The second kappa shape index (κ2) is 10.1. The number of benzene rings is 2. The predicted molar refractivity (Wildman–Crippen MR) is 131 cm³/mol. The van der Waals surface area contributed by atoms with E-state index in [-0.39, 0.29) is 29.4 Å². The van der Waals surface area contributed by atoms with Crippen LogP contribution >= 0.6 is 0 Å². The molecule has 3 aromatic rings. The number of hydrogen-bond donors (Lipinski definition) is 1. The zero-order chi connectivity index (χ0) is 26.9. The summed E-state index contributed by atoms with van der Waals surface area (Å²) in [6.45, 7) is 3.63. The van der Waals surface area contributed by atoms with Crippen molar-refractivity contribution in [2.75, 3.05) is 7.11 Å². The molecular formula is C28H25F3N2O4. The molecule has 0 spiro atoms. The number of hydrogen-bond acceptors (Lipinski definition) is 5. The number of alkyl halides is 3. The zero-order valence-corrected chi connectivity index (χ0v) is 20.4. The van der Waals surface area contributed by atoms with Gasteiger partial charge in [0.05, 0.1) is 24.3 Å². The van der Waals surface area contributed by atoms with Crippen molar-refractivity contribution in [1.29, 1.82) is 0 Å². The number of ether oxygens (including phenoxy) is 1. The minimum atomic E-state index is -4.56. The largest absolute Gasteiger partial charge is 0.507 e. The van der Waals surface area contributed by atoms with Crippen LogP contribution in [-0.4, -0.2) is 33.8 Å². The van der Waals surface area contributed by atoms with Gasteiger partial charge >= 0.3 is 6.18 Å². The van der Waals surface area contributed by atoms with Crippen molar-refractivity contribution in [2.24, 2.45) is 0 Å². The highest BCUT2D eigenvalue weighted by Crippen LogP contribution is 2.41. The number of carbonyl (C=O) groups excluding carboxylic acids is 2. The maximum atomic E-state index is 13.3. The van der Waals surface area contributed by atoms with Crippen LogP contribution < -0.4 is 4.74 Å². The smallest absolute Gasteiger partial charge is 0.416 e. The molecule has 1 atom stereocenters. The van der Waals surface area contributed by atoms with Gasteiger partial charge in [0, 0.05) is 24.5 Å². The molecule has 1 amide bonds. The lowest BCUT2D eigenvalue weighted by Crippen LogP contribution is -2.29. The number of Topliss-reactive ketones (excluding diaryl/α,β-unsaturated/α-hetero) is 1. The van der Waals surface area contributed by atoms with Crippen LogP contribution in [0.3, 0.4) is 0 Å². The maximum Gasteiger partial charge on any atom is 0.416 e. The number of nitrogens with zero attached hydrogens (tertiary/aromatic N) is 2. The van der Waals surface area contributed by atoms with Crippen molar-refractivity contribution in [3.05, 3.63) is 100 Å². The number of halogens is 3. The average Bonchev–Trinajstić information content (AvgIpc) is 3.13. The number of ketones is 1. The molecule has 1 N–H and O–H groups in total. The van der Waals surface area contributed by atoms with Gasteiger partial charge in [-0.05, 0) is 59.0 Å². The molecule has 1 saturated heterocycles. The summed E-state index contributed by atoms with van der Waals surface area (Å²) in [5.41, 5.74) is 0.715. The molecule has 9 heteroatoms. The number of aliphatic hydroxyl groups excluding tert-OH is 1. The molecule has 4 rings (SSSR count). The fourth-order valence-corrected chi connectivity index (χ4v) is 4.46. The van der Waals surface area contributed by atoms with E-state index in [0.717, 1.165) is 22.6 Å². The highest BCUT2D eigenvalue weighted by Gasteiger charge is 2.46. The van der Waals surface area contributed by atoms with Crippen molar-refractivity contribution < 1.29 is 32.6 Å². The van der Waals surface area contributed by atoms with E-state index in [1.165, 1.54) is 31.6 Å². The number of aromatic nitrogens is 1. The Balaban J connectivity index is 1.84. The molecule has 6 nitrogen and oxygen atoms in total. The number of rotatable bonds is 6. The number of likely N-dealkylation sites (tertiary alicyclic amines) is 1. The van der Waals surface area contributed by atoms with Crippen LogP contribution in [0.25, 0.3) is 5.76 Å². The first-order valence-corrected chi connectivity index (χ1v) is 11.6. The summed E-state index contributed by atoms with van der Waals surface area (Å²) >= 11 is 0. The second-order valence-electron chi connectivity index (χ2n) is 9.02. The first-order chi connectivity index (χ1) is 17.5. The Hall–Kier alpha value is -4.14. The number of carbonyl (C=O) groups is 2. The third kappa shape index (κ3) is 5.07. The van der Waals surface area contributed by atoms with E-state index < -0.39 is 29.5 Å². The topological polar surface area (TPSA) is 79.7 Å². The van der Waals surface area contributed by atoms with E-state index in [9.17, 15) is 27.9 Å². The van der Waals surface area contributed by atoms with Crippen molar-refractivity contribution in [1.82, 2.24) is 9.88 Å². The van der Waals surface area contributed by atoms with E-state index >= 15 is 0 Å². The lowest BCUT2D eigenvalue weighted by atomic mass is 9.93. The minimum absolute atomic E-state index is 0.0418. The summed E-state index contributed by atoms with van der Waals surface area (Å²) in [6, 6.07) is 11.7. The molecule has 1 fully saturated rings. The van der Waals surface area contributed by atoms with Crippen LogP contribution in [0.4, 0.5) is 13.2 Å². The Morgan fingerprint density at radius 1 is 1.11 bits per heavy atom. The molecule has 0 saturated carbocycles. The Labute approximate surface area is 212 Å². The minimum Gasteiger partial charge on any atom is -0.507 e. The van der Waals surface area contributed by atoms with Gasteiger partial charge in [-0.15, -0.1) is 0 Å². The number of amides is 1. The van der Waals surface area contributed by atoms with Crippen molar-refractivity contribution in [3.63, 3.8) is 0 Å². The zero-order valence-electron chi connectivity index (χ0n) is 20.4. The summed E-state index contributed by atoms with van der Waals surface area (Å²) in [6.07, 6.45) is -1.59. The van der Waals surface area contributed by atoms with E-state index in [0.29, 0.717) is 16.9 Å². The van der Waals surface area contributed by atoms with Crippen LogP contribution in [0.5, 0.6) is 5.75 Å². The molecule has 2 heterocycles. The summed E-state index contributed by atoms with van der Waals surface area (Å²) in [5.74, 6) is -1.59. The Morgan fingerprint density at radius 2 is 1.86 bits per heavy atom. The fraction of sp³-hybridized carbons (Fsp3) is 0.250. The highest BCUT2D eigenvalue weighted by molar-refractivity contribution is 6.46. The van der Waals surface area contributed by atoms with Crippen LogP contribution in [0.2, 0.25) is 0 Å². The van der Waals surface area contributed by atoms with Crippen molar-refractivity contribution in [2.45, 2.75) is 38.5 Å². The normalized spacial score (nSPS) is 17.5. The fourth-order valence-electron chi connectivity index (χ4n) is 4.46. The standard InChI is InChI=1S/C28H25F3N2O4/c1-16(2)21-13-18(9-10-22(21)37-3)25(34)23-24(19-7-5-11-32-14-19)33(27(36)26(23)35)15-17-6-4-8-20(12-17)28(29,30)31/h4-14,16,24,34H,15H2,1-3H3/b25-23-. The molecule has 1 aliphatic heterocycles. The summed E-state index contributed by atoms with van der Waals surface area (Å²) in [7, 11) is 1.53. The molecule has 1 unspecified atom stereocenters. The Bertz CT molecular complexity index is 1370. The van der Waals surface area contributed by atoms with Crippen molar-refractivity contribution >= 4 is 17.4 Å². The average molecular weight is 511 g/mol. The maximum absolute atomic E-state index is 13.3. The Morgan fingerprint density at radius 3 is 2.49 bits per heavy atom. The van der Waals surface area contributed by atoms with Gasteiger partial charge in [-0.2, -0.15) is 13.2 Å². The predicted octanol–water partition coefficient (Wildman–Crippen LogP) is 5.85. The third-order valence-corrected chi connectivity index (χ3v) is 6.27. The van der Waals surface area contributed by atoms with E-state index in [2.05, 4.69) is 4.98 Å². The van der Waals surface area contributed by atoms with E-state index in [1.807, 2.05) is 13.8 Å². The molecule has 1 aromatic heterocycles. The number of aliphatic hydroxyl groups is 1. The molecule has 0 aliphatic carbocycles. The highest BCUT2D eigenvalue weighted by atomic mass is 19.4. The van der Waals surface area contributed by atoms with E-state index in [1.54, 1.807) is 30.3 Å². The molecule has 37 heavy (non-hydrogen) atoms. The van der Waals surface area contributed by atoms with Gasteiger partial charge in [0.25, 0.3) is 11.7 Å². The third-order valence-electron chi connectivity index (χ3n) is 6.27. The monoisotopic (exact) mass is 510 g/mol. The number of pyridine rings is 1. The quantitative estimate of drug-likeness (QED) is 0.256. The van der Waals surface area contributed by atoms with Gasteiger partial charge < -0.3 is 14.7 Å². The summed E-state index contributed by atoms with van der Waals surface area (Å²) < 4.78 is 45.2. The molecule has 0 bridgehead atoms. The van der Waals surface area contributed by atoms with Gasteiger partial charge in [-0.25, -0.2) is 0 Å². The molecule has 192 valence electrons. The molecule has 2 aromatic carbocycles. The van der Waals surface area contributed by atoms with E-state index in [4.69, 9.17) is 4.74 Å². The van der Waals surface area contributed by atoms with Crippen molar-refractivity contribution in [3.8, 4) is 5.75 Å². The van der Waals surface area contributed by atoms with Gasteiger partial charge in [0.2, 0.25) is 0 Å². The lowest BCUT2D eigenvalue weighted by molar-refractivity contribution is -0.140. The van der Waals surface area contributed by atoms with Crippen LogP contribution in [0, 0.1) is 0 Å². The van der Waals surface area contributed by atoms with Gasteiger partial charge in [0.1, 0.15) is 11.5 Å². The van der Waals surface area contributed by atoms with Crippen LogP contribution in [0.1, 0.15) is 53.6 Å². The molecule has 1 aliphatic rings. The van der Waals surface area contributed by atoms with Gasteiger partial charge in [-0.1, -0.05) is 32.0 Å². The Kier molecular flexibility index (Phi) is 7.07. The van der Waals surface area contributed by atoms with Gasteiger partial charge in [0.15, 0.2) is 0 Å². The first kappa shape index (κ1) is 25.9. The molecular weight excluding hydrogens is 485 g/mol. The number of methoxy groups -OCH3 is 1. The summed E-state index contributed by atoms with van der Waals surface area (Å²) in [5, 5.41) is 11.3. The van der Waals surface area contributed by atoms with Gasteiger partial charge in [-0.3, -0.25) is 14.6 Å². The SMILES string of the molecule is COc1ccc(/C(O)=C2/C(=O)C(=O)N(Cc3cccc(C(F)(F)F)c3)C2c2cccnc2)cc1C(C)C. The first-order valence-electron chi connectivity index (χ1n) is 11.6. The van der Waals surface area contributed by atoms with Crippen LogP contribution in [0.15, 0.2) is 72.6 Å². The summed E-state index contributed by atoms with van der Waals surface area (Å²) in [4.78, 5) is 31.6. The molecule has 0 radical (unpaired) electrons. The lowest BCUT2D eigenvalue weighted by Gasteiger charge is -2.25.